The molecular weight excluding hydrogens is 366 g/mol. The molecule has 8 heteroatoms. The van der Waals surface area contributed by atoms with Crippen LogP contribution in [0, 0.1) is 0 Å². The van der Waals surface area contributed by atoms with Gasteiger partial charge in [-0.15, -0.1) is 5.10 Å². The van der Waals surface area contributed by atoms with Crippen molar-refractivity contribution in [3.05, 3.63) is 71.0 Å². The molecule has 3 aromatic rings. The van der Waals surface area contributed by atoms with Gasteiger partial charge in [-0.05, 0) is 42.0 Å². The van der Waals surface area contributed by atoms with Crippen LogP contribution in [0.1, 0.15) is 22.2 Å². The number of hydrogen-bond donors (Lipinski definition) is 2. The first-order chi connectivity index (χ1) is 13.2. The molecule has 1 aliphatic rings. The molecule has 2 N–H and O–H groups in total. The first kappa shape index (κ1) is 17.7. The zero-order chi connectivity index (χ0) is 18.6. The highest BCUT2D eigenvalue weighted by molar-refractivity contribution is 6.30. The van der Waals surface area contributed by atoms with E-state index in [2.05, 4.69) is 20.8 Å². The van der Waals surface area contributed by atoms with E-state index in [9.17, 15) is 4.79 Å². The predicted molar refractivity (Wildman–Crippen MR) is 102 cm³/mol. The molecule has 0 saturated carbocycles. The van der Waals surface area contributed by atoms with Gasteiger partial charge in [-0.1, -0.05) is 23.7 Å². The van der Waals surface area contributed by atoms with Crippen LogP contribution in [0.2, 0.25) is 5.02 Å². The molecule has 2 heterocycles. The Morgan fingerprint density at radius 3 is 2.67 bits per heavy atom. The van der Waals surface area contributed by atoms with Crippen molar-refractivity contribution in [3.63, 3.8) is 0 Å². The molecule has 4 rings (SSSR count). The number of carbonyl (C=O) groups excluding carboxylic acids is 1. The van der Waals surface area contributed by atoms with Gasteiger partial charge in [-0.3, -0.25) is 4.79 Å². The summed E-state index contributed by atoms with van der Waals surface area (Å²) in [6, 6.07) is 14.7. The molecule has 2 aromatic carbocycles. The number of halogens is 1. The van der Waals surface area contributed by atoms with Gasteiger partial charge in [0.05, 0.1) is 24.6 Å². The Kier molecular flexibility index (Phi) is 5.15. The van der Waals surface area contributed by atoms with E-state index in [4.69, 9.17) is 16.3 Å². The van der Waals surface area contributed by atoms with Crippen molar-refractivity contribution < 1.29 is 9.53 Å². The van der Waals surface area contributed by atoms with E-state index in [0.29, 0.717) is 17.3 Å². The Bertz CT molecular complexity index is 918. The zero-order valence-corrected chi connectivity index (χ0v) is 15.2. The Labute approximate surface area is 161 Å². The SMILES string of the molecule is O=C(Nc1ccc(C2CNCCO2)cc1)c1cnn(-c2ccc(Cl)cc2)n1. The van der Waals surface area contributed by atoms with Crippen LogP contribution in [0.25, 0.3) is 5.69 Å². The normalized spacial score (nSPS) is 16.9. The van der Waals surface area contributed by atoms with Gasteiger partial charge in [0.15, 0.2) is 5.69 Å². The number of amides is 1. The second kappa shape index (κ2) is 7.87. The summed E-state index contributed by atoms with van der Waals surface area (Å²) in [6.07, 6.45) is 1.47. The molecule has 1 unspecified atom stereocenters. The smallest absolute Gasteiger partial charge is 0.277 e. The number of morpholine rings is 1. The van der Waals surface area contributed by atoms with E-state index in [0.717, 1.165) is 24.3 Å². The molecule has 1 saturated heterocycles. The van der Waals surface area contributed by atoms with Crippen molar-refractivity contribution in [1.82, 2.24) is 20.3 Å². The molecule has 1 amide bonds. The molecular formula is C19H18ClN5O2. The van der Waals surface area contributed by atoms with E-state index in [1.807, 2.05) is 24.3 Å². The summed E-state index contributed by atoms with van der Waals surface area (Å²) in [7, 11) is 0. The van der Waals surface area contributed by atoms with Crippen LogP contribution in [-0.4, -0.2) is 40.6 Å². The third kappa shape index (κ3) is 4.16. The van der Waals surface area contributed by atoms with Crippen molar-refractivity contribution in [2.24, 2.45) is 0 Å². The fourth-order valence-electron chi connectivity index (χ4n) is 2.82. The van der Waals surface area contributed by atoms with E-state index in [1.54, 1.807) is 24.3 Å². The minimum atomic E-state index is -0.321. The Morgan fingerprint density at radius 1 is 1.19 bits per heavy atom. The van der Waals surface area contributed by atoms with E-state index >= 15 is 0 Å². The molecule has 27 heavy (non-hydrogen) atoms. The topological polar surface area (TPSA) is 81.1 Å². The maximum Gasteiger partial charge on any atom is 0.277 e. The Balaban J connectivity index is 1.42. The minimum absolute atomic E-state index is 0.0442. The maximum absolute atomic E-state index is 12.4. The molecule has 0 bridgehead atoms. The molecule has 138 valence electrons. The molecule has 7 nitrogen and oxygen atoms in total. The summed E-state index contributed by atoms with van der Waals surface area (Å²) >= 11 is 5.88. The Hall–Kier alpha value is -2.74. The number of nitrogens with zero attached hydrogens (tertiary/aromatic N) is 3. The first-order valence-electron chi connectivity index (χ1n) is 8.61. The lowest BCUT2D eigenvalue weighted by molar-refractivity contribution is 0.0277. The summed E-state index contributed by atoms with van der Waals surface area (Å²) in [4.78, 5) is 13.8. The van der Waals surface area contributed by atoms with Crippen molar-refractivity contribution in [2.45, 2.75) is 6.10 Å². The van der Waals surface area contributed by atoms with E-state index in [1.165, 1.54) is 11.0 Å². The molecule has 0 radical (unpaired) electrons. The molecule has 1 aliphatic heterocycles. The highest BCUT2D eigenvalue weighted by Gasteiger charge is 2.16. The lowest BCUT2D eigenvalue weighted by Crippen LogP contribution is -2.33. The maximum atomic E-state index is 12.4. The standard InChI is InChI=1S/C19H18ClN5O2/c20-14-3-7-16(8-4-14)25-22-11-17(24-25)19(26)23-15-5-1-13(2-6-15)18-12-21-9-10-27-18/h1-8,11,18,21H,9-10,12H2,(H,23,26). The van der Waals surface area contributed by atoms with Crippen LogP contribution in [0.5, 0.6) is 0 Å². The fourth-order valence-corrected chi connectivity index (χ4v) is 2.95. The quantitative estimate of drug-likeness (QED) is 0.724. The number of rotatable bonds is 4. The Morgan fingerprint density at radius 2 is 1.96 bits per heavy atom. The second-order valence-electron chi connectivity index (χ2n) is 6.14. The van der Waals surface area contributed by atoms with Crippen LogP contribution >= 0.6 is 11.6 Å². The third-order valence-corrected chi connectivity index (χ3v) is 4.50. The van der Waals surface area contributed by atoms with Crippen LogP contribution in [0.15, 0.2) is 54.7 Å². The van der Waals surface area contributed by atoms with Crippen LogP contribution in [0.3, 0.4) is 0 Å². The molecule has 0 spiro atoms. The van der Waals surface area contributed by atoms with Gasteiger partial charge < -0.3 is 15.4 Å². The van der Waals surface area contributed by atoms with Gasteiger partial charge >= 0.3 is 0 Å². The number of anilines is 1. The monoisotopic (exact) mass is 383 g/mol. The first-order valence-corrected chi connectivity index (χ1v) is 8.99. The van der Waals surface area contributed by atoms with E-state index < -0.39 is 0 Å². The fraction of sp³-hybridized carbons (Fsp3) is 0.211. The molecule has 1 fully saturated rings. The van der Waals surface area contributed by atoms with Gasteiger partial charge in [0, 0.05) is 23.8 Å². The summed E-state index contributed by atoms with van der Waals surface area (Å²) in [6.45, 7) is 2.37. The van der Waals surface area contributed by atoms with Gasteiger partial charge in [-0.2, -0.15) is 9.90 Å². The largest absolute Gasteiger partial charge is 0.371 e. The number of carbonyl (C=O) groups is 1. The lowest BCUT2D eigenvalue weighted by atomic mass is 10.1. The highest BCUT2D eigenvalue weighted by Crippen LogP contribution is 2.21. The molecule has 0 aliphatic carbocycles. The second-order valence-corrected chi connectivity index (χ2v) is 6.57. The summed E-state index contributed by atoms with van der Waals surface area (Å²) < 4.78 is 5.73. The molecule has 1 atom stereocenters. The highest BCUT2D eigenvalue weighted by atomic mass is 35.5. The summed E-state index contributed by atoms with van der Waals surface area (Å²) in [5, 5.41) is 15.1. The van der Waals surface area contributed by atoms with Gasteiger partial charge in [0.2, 0.25) is 0 Å². The van der Waals surface area contributed by atoms with Crippen molar-refractivity contribution in [1.29, 1.82) is 0 Å². The average Bonchev–Trinajstić information content (AvgIpc) is 3.20. The number of benzene rings is 2. The summed E-state index contributed by atoms with van der Waals surface area (Å²) in [5.74, 6) is -0.321. The van der Waals surface area contributed by atoms with Crippen LogP contribution in [-0.2, 0) is 4.74 Å². The third-order valence-electron chi connectivity index (χ3n) is 4.25. The van der Waals surface area contributed by atoms with Gasteiger partial charge in [0.1, 0.15) is 0 Å². The predicted octanol–water partition coefficient (Wildman–Crippen LogP) is 2.83. The van der Waals surface area contributed by atoms with Gasteiger partial charge in [0.25, 0.3) is 5.91 Å². The lowest BCUT2D eigenvalue weighted by Gasteiger charge is -2.24. The number of aromatic nitrogens is 3. The van der Waals surface area contributed by atoms with Crippen LogP contribution < -0.4 is 10.6 Å². The van der Waals surface area contributed by atoms with E-state index in [-0.39, 0.29) is 17.7 Å². The number of hydrogen-bond acceptors (Lipinski definition) is 5. The minimum Gasteiger partial charge on any atom is -0.371 e. The zero-order valence-electron chi connectivity index (χ0n) is 14.4. The summed E-state index contributed by atoms with van der Waals surface area (Å²) in [5.41, 5.74) is 2.72. The van der Waals surface area contributed by atoms with Crippen molar-refractivity contribution in [3.8, 4) is 5.69 Å². The number of nitrogens with one attached hydrogen (secondary N) is 2. The van der Waals surface area contributed by atoms with Crippen molar-refractivity contribution in [2.75, 3.05) is 25.0 Å². The average molecular weight is 384 g/mol. The number of ether oxygens (including phenoxy) is 1. The van der Waals surface area contributed by atoms with Crippen LogP contribution in [0.4, 0.5) is 5.69 Å². The molecule has 1 aromatic heterocycles. The van der Waals surface area contributed by atoms with Gasteiger partial charge in [-0.25, -0.2) is 0 Å². The van der Waals surface area contributed by atoms with Crippen molar-refractivity contribution >= 4 is 23.2 Å².